The van der Waals surface area contributed by atoms with Crippen molar-refractivity contribution in [1.82, 2.24) is 0 Å². The number of fused-ring (bicyclic) bond motifs is 1. The fourth-order valence-electron chi connectivity index (χ4n) is 4.16. The molecule has 0 amide bonds. The minimum atomic E-state index is -1.29. The molecule has 0 aromatic carbocycles. The Morgan fingerprint density at radius 2 is 2.11 bits per heavy atom. The van der Waals surface area contributed by atoms with Gasteiger partial charge in [0.1, 0.15) is 24.1 Å². The summed E-state index contributed by atoms with van der Waals surface area (Å²) in [5.41, 5.74) is 0. The van der Waals surface area contributed by atoms with Crippen LogP contribution in [0.5, 0.6) is 0 Å². The summed E-state index contributed by atoms with van der Waals surface area (Å²) in [5, 5.41) is 18.7. The van der Waals surface area contributed by atoms with Crippen LogP contribution < -0.4 is 0 Å². The molecule has 2 N–H and O–H groups in total. The van der Waals surface area contributed by atoms with E-state index in [9.17, 15) is 18.7 Å². The average molecular weight is 409 g/mol. The Bertz CT molecular complexity index is 555. The zero-order chi connectivity index (χ0) is 20.0. The summed E-state index contributed by atoms with van der Waals surface area (Å²) >= 11 is 0. The van der Waals surface area contributed by atoms with Gasteiger partial charge in [-0.15, -0.1) is 0 Å². The molecule has 1 aliphatic carbocycles. The maximum Gasteiger partial charge on any atom is 0.303 e. The molecule has 2 fully saturated rings. The molecule has 4 nitrogen and oxygen atoms in total. The van der Waals surface area contributed by atoms with Crippen molar-refractivity contribution in [3.8, 4) is 0 Å². The number of carboxylic acid groups (broad SMARTS) is 1. The molecule has 1 heterocycles. The first-order valence-electron chi connectivity index (χ1n) is 10.1. The third kappa shape index (κ3) is 6.82. The number of hydrogen-bond donors (Lipinski definition) is 2. The first-order valence-corrected chi connectivity index (χ1v) is 10.1. The Balaban J connectivity index is 0.00000392. The van der Waals surface area contributed by atoms with E-state index < -0.39 is 24.4 Å². The fourth-order valence-corrected chi connectivity index (χ4v) is 4.16. The zero-order valence-electron chi connectivity index (χ0n) is 17.2. The standard InChI is InChI=1S/C21H32F2O4.Na/c1-3-4-7-15(22)16(24)11-10-14-13(2)12-18-20(14)21(23)17(27-18)8-5-6-9-19(25)26;/h8,10-11,13-16,18,20-21,24H,3-7,9,12H2,1-2H3,(H,25,26);/t13-,14+,15?,16-,18+,20-,21?;/m1./s1. The van der Waals surface area contributed by atoms with Gasteiger partial charge in [0.15, 0.2) is 6.17 Å². The molecule has 2 unspecified atom stereocenters. The molecule has 1 radical (unpaired) electrons. The van der Waals surface area contributed by atoms with Crippen molar-refractivity contribution in [1.29, 1.82) is 0 Å². The van der Waals surface area contributed by atoms with Gasteiger partial charge in [0.2, 0.25) is 0 Å². The molecular weight excluding hydrogens is 377 g/mol. The molecular formula is C21H32F2NaO4. The summed E-state index contributed by atoms with van der Waals surface area (Å²) in [6.07, 6.45) is 4.63. The smallest absolute Gasteiger partial charge is 0.303 e. The van der Waals surface area contributed by atoms with Crippen molar-refractivity contribution in [2.75, 3.05) is 0 Å². The SMILES string of the molecule is CCCCC(F)[C@H](O)C=C[C@@H]1[C@H]2C(F)C(=CCCCC(=O)O)O[C@H]2C[C@H]1C.[Na]. The van der Waals surface area contributed by atoms with E-state index in [1.165, 1.54) is 6.08 Å². The number of ether oxygens (including phenoxy) is 1. The molecule has 155 valence electrons. The topological polar surface area (TPSA) is 66.8 Å². The van der Waals surface area contributed by atoms with Gasteiger partial charge in [-0.3, -0.25) is 4.79 Å². The number of aliphatic hydroxyl groups is 1. The van der Waals surface area contributed by atoms with Crippen LogP contribution in [-0.4, -0.2) is 70.3 Å². The third-order valence-electron chi connectivity index (χ3n) is 5.71. The predicted molar refractivity (Wildman–Crippen MR) is 105 cm³/mol. The van der Waals surface area contributed by atoms with Gasteiger partial charge < -0.3 is 14.9 Å². The minimum Gasteiger partial charge on any atom is -0.492 e. The van der Waals surface area contributed by atoms with E-state index in [1.54, 1.807) is 12.2 Å². The predicted octanol–water partition coefficient (Wildman–Crippen LogP) is 4.20. The Morgan fingerprint density at radius 3 is 2.75 bits per heavy atom. The van der Waals surface area contributed by atoms with Crippen molar-refractivity contribution in [3.63, 3.8) is 0 Å². The van der Waals surface area contributed by atoms with E-state index in [0.717, 1.165) is 19.3 Å². The quantitative estimate of drug-likeness (QED) is 0.322. The number of aliphatic hydroxyl groups excluding tert-OH is 1. The minimum absolute atomic E-state index is 0. The number of unbranched alkanes of at least 4 members (excludes halogenated alkanes) is 2. The number of alkyl halides is 2. The third-order valence-corrected chi connectivity index (χ3v) is 5.71. The van der Waals surface area contributed by atoms with Crippen molar-refractivity contribution in [2.45, 2.75) is 83.3 Å². The van der Waals surface area contributed by atoms with Gasteiger partial charge in [0.05, 0.1) is 0 Å². The molecule has 2 aliphatic rings. The zero-order valence-corrected chi connectivity index (χ0v) is 19.2. The van der Waals surface area contributed by atoms with E-state index in [0.29, 0.717) is 25.0 Å². The van der Waals surface area contributed by atoms with Crippen LogP contribution in [-0.2, 0) is 9.53 Å². The Morgan fingerprint density at radius 1 is 1.39 bits per heavy atom. The fraction of sp³-hybridized carbons (Fsp3) is 0.762. The van der Waals surface area contributed by atoms with Crippen LogP contribution in [0, 0.1) is 17.8 Å². The number of carbonyl (C=O) groups is 1. The van der Waals surface area contributed by atoms with Gasteiger partial charge in [-0.2, -0.15) is 0 Å². The second kappa shape index (κ2) is 12.3. The van der Waals surface area contributed by atoms with Crippen molar-refractivity contribution >= 4 is 35.5 Å². The number of allylic oxidation sites excluding steroid dienone is 3. The van der Waals surface area contributed by atoms with E-state index in [-0.39, 0.29) is 59.8 Å². The van der Waals surface area contributed by atoms with Gasteiger partial charge in [-0.25, -0.2) is 8.78 Å². The second-order valence-electron chi connectivity index (χ2n) is 7.85. The van der Waals surface area contributed by atoms with Gasteiger partial charge in [-0.05, 0) is 43.6 Å². The van der Waals surface area contributed by atoms with Crippen LogP contribution in [0.25, 0.3) is 0 Å². The van der Waals surface area contributed by atoms with Crippen LogP contribution in [0.1, 0.15) is 58.8 Å². The molecule has 0 spiro atoms. The van der Waals surface area contributed by atoms with Crippen LogP contribution >= 0.6 is 0 Å². The number of aliphatic carboxylic acids is 1. The number of hydrogen-bond acceptors (Lipinski definition) is 3. The van der Waals surface area contributed by atoms with Gasteiger partial charge >= 0.3 is 5.97 Å². The van der Waals surface area contributed by atoms with Gasteiger partial charge in [-0.1, -0.05) is 38.8 Å². The van der Waals surface area contributed by atoms with Crippen LogP contribution in [0.15, 0.2) is 24.0 Å². The second-order valence-corrected chi connectivity index (χ2v) is 7.85. The summed E-state index contributed by atoms with van der Waals surface area (Å²) in [6.45, 7) is 4.00. The molecule has 2 rings (SSSR count). The van der Waals surface area contributed by atoms with Gasteiger partial charge in [0, 0.05) is 41.9 Å². The number of carboxylic acids is 1. The summed E-state index contributed by atoms with van der Waals surface area (Å²) in [4.78, 5) is 10.6. The monoisotopic (exact) mass is 409 g/mol. The Kier molecular flexibility index (Phi) is 11.3. The molecule has 1 saturated heterocycles. The van der Waals surface area contributed by atoms with E-state index in [1.807, 2.05) is 13.8 Å². The molecule has 0 aromatic rings. The Labute approximate surface area is 188 Å². The summed E-state index contributed by atoms with van der Waals surface area (Å²) in [5.74, 6) is -0.806. The molecule has 1 aliphatic heterocycles. The van der Waals surface area contributed by atoms with Crippen LogP contribution in [0.4, 0.5) is 8.78 Å². The molecule has 1 saturated carbocycles. The maximum absolute atomic E-state index is 14.9. The number of rotatable bonds is 10. The summed E-state index contributed by atoms with van der Waals surface area (Å²) in [7, 11) is 0. The first kappa shape index (κ1) is 25.6. The molecule has 28 heavy (non-hydrogen) atoms. The van der Waals surface area contributed by atoms with Crippen molar-refractivity contribution in [3.05, 3.63) is 24.0 Å². The molecule has 0 aromatic heterocycles. The summed E-state index contributed by atoms with van der Waals surface area (Å²) < 4.78 is 34.6. The van der Waals surface area contributed by atoms with E-state index in [2.05, 4.69) is 0 Å². The molecule has 0 bridgehead atoms. The first-order chi connectivity index (χ1) is 12.8. The van der Waals surface area contributed by atoms with E-state index >= 15 is 0 Å². The largest absolute Gasteiger partial charge is 0.492 e. The summed E-state index contributed by atoms with van der Waals surface area (Å²) in [6, 6.07) is 0. The normalized spacial score (nSPS) is 32.8. The maximum atomic E-state index is 14.9. The van der Waals surface area contributed by atoms with Crippen molar-refractivity contribution < 1.29 is 28.5 Å². The molecule has 7 heteroatoms. The van der Waals surface area contributed by atoms with Gasteiger partial charge in [0.25, 0.3) is 0 Å². The Hall–Kier alpha value is -0.430. The van der Waals surface area contributed by atoms with E-state index in [4.69, 9.17) is 9.84 Å². The molecule has 7 atom stereocenters. The van der Waals surface area contributed by atoms with Crippen LogP contribution in [0.3, 0.4) is 0 Å². The van der Waals surface area contributed by atoms with Crippen molar-refractivity contribution in [2.24, 2.45) is 17.8 Å². The average Bonchev–Trinajstić information content (AvgIpc) is 3.09. The number of halogens is 2. The van der Waals surface area contributed by atoms with Crippen LogP contribution in [0.2, 0.25) is 0 Å².